The van der Waals surface area contributed by atoms with Crippen LogP contribution in [0.4, 0.5) is 0 Å². The molecule has 0 amide bonds. The van der Waals surface area contributed by atoms with Gasteiger partial charge in [-0.15, -0.1) is 0 Å². The number of hydrogen-bond acceptors (Lipinski definition) is 6. The fourth-order valence-electron chi connectivity index (χ4n) is 4.23. The van der Waals surface area contributed by atoms with Crippen LogP contribution >= 0.6 is 0 Å². The van der Waals surface area contributed by atoms with Crippen molar-refractivity contribution in [2.75, 3.05) is 7.11 Å². The molecule has 0 spiro atoms. The number of para-hydroxylation sites is 1. The predicted molar refractivity (Wildman–Crippen MR) is 148 cm³/mol. The number of hydrogen-bond donors (Lipinski definition) is 0. The fraction of sp³-hybridized carbons (Fsp3) is 0.0645. The van der Waals surface area contributed by atoms with Crippen LogP contribution in [-0.2, 0) is 6.61 Å². The highest BCUT2D eigenvalue weighted by Crippen LogP contribution is 2.32. The Kier molecular flexibility index (Phi) is 6.16. The van der Waals surface area contributed by atoms with E-state index in [1.807, 2.05) is 84.9 Å². The molecular weight excluding hydrogens is 478 g/mol. The third-order valence-electron chi connectivity index (χ3n) is 6.17. The summed E-state index contributed by atoms with van der Waals surface area (Å²) >= 11 is 0. The van der Waals surface area contributed by atoms with Gasteiger partial charge in [0.2, 0.25) is 5.82 Å². The first-order valence-corrected chi connectivity index (χ1v) is 12.1. The maximum atomic E-state index is 13.5. The molecule has 186 valence electrons. The maximum absolute atomic E-state index is 13.5. The second-order valence-corrected chi connectivity index (χ2v) is 8.64. The Hall–Kier alpha value is -5.17. The summed E-state index contributed by atoms with van der Waals surface area (Å²) in [6, 6.07) is 32.0. The highest BCUT2D eigenvalue weighted by Gasteiger charge is 2.17. The summed E-state index contributed by atoms with van der Waals surface area (Å²) in [6.45, 7) is 0.484. The molecule has 0 unspecified atom stereocenters. The Bertz CT molecular complexity index is 1820. The largest absolute Gasteiger partial charge is 0.496 e. The lowest BCUT2D eigenvalue weighted by atomic mass is 10.2. The van der Waals surface area contributed by atoms with Crippen LogP contribution in [0.2, 0.25) is 0 Å². The van der Waals surface area contributed by atoms with Gasteiger partial charge in [0.1, 0.15) is 23.7 Å². The van der Waals surface area contributed by atoms with E-state index in [0.29, 0.717) is 40.4 Å². The second kappa shape index (κ2) is 10.1. The summed E-state index contributed by atoms with van der Waals surface area (Å²) in [5.74, 6) is 2.12. The summed E-state index contributed by atoms with van der Waals surface area (Å²) in [6.07, 6.45) is 1.62. The number of ether oxygens (including phenoxy) is 2. The lowest BCUT2D eigenvalue weighted by Crippen LogP contribution is -2.20. The average Bonchev–Trinajstić information content (AvgIpc) is 3.41. The molecule has 2 aromatic heterocycles. The van der Waals surface area contributed by atoms with Gasteiger partial charge in [0.25, 0.3) is 5.56 Å². The van der Waals surface area contributed by atoms with Crippen molar-refractivity contribution in [3.05, 3.63) is 125 Å². The van der Waals surface area contributed by atoms with Crippen molar-refractivity contribution >= 4 is 28.1 Å². The molecule has 2 heterocycles. The van der Waals surface area contributed by atoms with Gasteiger partial charge in [-0.2, -0.15) is 9.78 Å². The van der Waals surface area contributed by atoms with Crippen LogP contribution in [0.1, 0.15) is 11.1 Å². The van der Waals surface area contributed by atoms with E-state index in [0.717, 1.165) is 22.3 Å². The Morgan fingerprint density at radius 3 is 2.50 bits per heavy atom. The summed E-state index contributed by atoms with van der Waals surface area (Å²) < 4.78 is 18.7. The molecule has 0 radical (unpaired) electrons. The second-order valence-electron chi connectivity index (χ2n) is 8.64. The van der Waals surface area contributed by atoms with Crippen LogP contribution in [-0.4, -0.2) is 23.0 Å². The minimum atomic E-state index is -0.294. The number of fused-ring (bicyclic) bond motifs is 2. The fourth-order valence-corrected chi connectivity index (χ4v) is 4.23. The molecule has 0 aliphatic carbocycles. The zero-order valence-electron chi connectivity index (χ0n) is 20.6. The van der Waals surface area contributed by atoms with Gasteiger partial charge in [-0.1, -0.05) is 48.5 Å². The highest BCUT2D eigenvalue weighted by atomic mass is 16.5. The first kappa shape index (κ1) is 23.2. The summed E-state index contributed by atoms with van der Waals surface area (Å²) in [7, 11) is 1.61. The molecule has 0 atom stereocenters. The van der Waals surface area contributed by atoms with Gasteiger partial charge in [-0.05, 0) is 65.7 Å². The molecule has 0 saturated heterocycles. The van der Waals surface area contributed by atoms with Gasteiger partial charge < -0.3 is 13.9 Å². The van der Waals surface area contributed by atoms with Crippen molar-refractivity contribution in [1.82, 2.24) is 9.66 Å². The lowest BCUT2D eigenvalue weighted by Gasteiger charge is -2.08. The Morgan fingerprint density at radius 1 is 0.895 bits per heavy atom. The number of furan rings is 1. The normalized spacial score (nSPS) is 11.4. The van der Waals surface area contributed by atoms with Crippen LogP contribution in [0, 0.1) is 0 Å². The topological polar surface area (TPSA) is 78.9 Å². The molecule has 0 bridgehead atoms. The minimum absolute atomic E-state index is 0.294. The standard InChI is InChI=1S/C31H23N3O4/c1-36-27-12-7-13-28-25(27)18-29(38-28)30-33-26-11-6-5-10-24(26)31(35)34(30)32-19-21-14-16-23(17-15-21)37-20-22-8-3-2-4-9-22/h2-19H,20H2,1H3. The first-order chi connectivity index (χ1) is 18.7. The smallest absolute Gasteiger partial charge is 0.282 e. The van der Waals surface area contributed by atoms with Crippen molar-refractivity contribution in [1.29, 1.82) is 0 Å². The molecular formula is C31H23N3O4. The van der Waals surface area contributed by atoms with Gasteiger partial charge in [-0.25, -0.2) is 4.98 Å². The van der Waals surface area contributed by atoms with Gasteiger partial charge in [0.15, 0.2) is 5.76 Å². The third kappa shape index (κ3) is 4.53. The number of rotatable bonds is 7. The number of nitrogens with zero attached hydrogens (tertiary/aromatic N) is 3. The highest BCUT2D eigenvalue weighted by molar-refractivity contribution is 5.88. The lowest BCUT2D eigenvalue weighted by molar-refractivity contribution is 0.306. The average molecular weight is 502 g/mol. The van der Waals surface area contributed by atoms with Crippen LogP contribution in [0.5, 0.6) is 11.5 Å². The molecule has 0 saturated carbocycles. The van der Waals surface area contributed by atoms with Crippen molar-refractivity contribution in [2.45, 2.75) is 6.61 Å². The molecule has 6 rings (SSSR count). The van der Waals surface area contributed by atoms with Crippen LogP contribution in [0.3, 0.4) is 0 Å². The van der Waals surface area contributed by atoms with Crippen LogP contribution in [0.25, 0.3) is 33.5 Å². The predicted octanol–water partition coefficient (Wildman–Crippen LogP) is 6.28. The van der Waals surface area contributed by atoms with Gasteiger partial charge >= 0.3 is 0 Å². The van der Waals surface area contributed by atoms with Crippen LogP contribution in [0.15, 0.2) is 117 Å². The molecule has 0 N–H and O–H groups in total. The van der Waals surface area contributed by atoms with Crippen molar-refractivity contribution in [2.24, 2.45) is 5.10 Å². The quantitative estimate of drug-likeness (QED) is 0.241. The summed E-state index contributed by atoms with van der Waals surface area (Å²) in [5, 5.41) is 5.77. The monoisotopic (exact) mass is 501 g/mol. The van der Waals surface area contributed by atoms with E-state index in [4.69, 9.17) is 18.9 Å². The van der Waals surface area contributed by atoms with Gasteiger partial charge in [0, 0.05) is 0 Å². The molecule has 4 aromatic carbocycles. The maximum Gasteiger partial charge on any atom is 0.282 e. The van der Waals surface area contributed by atoms with Crippen molar-refractivity contribution in [3.8, 4) is 23.1 Å². The molecule has 38 heavy (non-hydrogen) atoms. The van der Waals surface area contributed by atoms with Gasteiger partial charge in [-0.3, -0.25) is 4.79 Å². The molecule has 6 aromatic rings. The SMILES string of the molecule is COc1cccc2oc(-c3nc4ccccc4c(=O)n3N=Cc3ccc(OCc4ccccc4)cc3)cc12. The first-order valence-electron chi connectivity index (χ1n) is 12.1. The van der Waals surface area contributed by atoms with Crippen molar-refractivity contribution < 1.29 is 13.9 Å². The molecule has 7 heteroatoms. The van der Waals surface area contributed by atoms with E-state index in [9.17, 15) is 4.79 Å². The Morgan fingerprint density at radius 2 is 1.68 bits per heavy atom. The molecule has 0 aliphatic heterocycles. The molecule has 0 aliphatic rings. The van der Waals surface area contributed by atoms with Crippen molar-refractivity contribution in [3.63, 3.8) is 0 Å². The van der Waals surface area contributed by atoms with E-state index in [2.05, 4.69) is 5.10 Å². The minimum Gasteiger partial charge on any atom is -0.496 e. The van der Waals surface area contributed by atoms with E-state index in [1.165, 1.54) is 4.68 Å². The Labute approximate surface area is 218 Å². The van der Waals surface area contributed by atoms with E-state index >= 15 is 0 Å². The summed E-state index contributed by atoms with van der Waals surface area (Å²) in [4.78, 5) is 18.2. The third-order valence-corrected chi connectivity index (χ3v) is 6.17. The number of benzene rings is 4. The molecule has 7 nitrogen and oxygen atoms in total. The van der Waals surface area contributed by atoms with E-state index in [1.54, 1.807) is 31.5 Å². The Balaban J connectivity index is 1.36. The van der Waals surface area contributed by atoms with Crippen LogP contribution < -0.4 is 15.0 Å². The number of methoxy groups -OCH3 is 1. The van der Waals surface area contributed by atoms with Gasteiger partial charge in [0.05, 0.1) is 29.6 Å². The zero-order valence-corrected chi connectivity index (χ0v) is 20.6. The van der Waals surface area contributed by atoms with E-state index in [-0.39, 0.29) is 5.56 Å². The summed E-state index contributed by atoms with van der Waals surface area (Å²) in [5.41, 5.74) is 2.79. The molecule has 0 fully saturated rings. The zero-order chi connectivity index (χ0) is 25.9. The van der Waals surface area contributed by atoms with E-state index < -0.39 is 0 Å². The number of aromatic nitrogens is 2.